The number of carbonyl (C=O) groups excluding carboxylic acids is 3. The van der Waals surface area contributed by atoms with E-state index in [1.54, 1.807) is 0 Å². The Morgan fingerprint density at radius 2 is 2.00 bits per heavy atom. The van der Waals surface area contributed by atoms with Crippen LogP contribution in [-0.4, -0.2) is 75.6 Å². The van der Waals surface area contributed by atoms with Crippen LogP contribution < -0.4 is 5.32 Å². The van der Waals surface area contributed by atoms with Gasteiger partial charge in [-0.25, -0.2) is 4.39 Å². The third-order valence-electron chi connectivity index (χ3n) is 7.60. The highest BCUT2D eigenvalue weighted by Crippen LogP contribution is 2.46. The zero-order valence-corrected chi connectivity index (χ0v) is 16.0. The Balaban J connectivity index is 1.31. The van der Waals surface area contributed by atoms with Crippen LogP contribution in [0.2, 0.25) is 0 Å². The lowest BCUT2D eigenvalue weighted by Crippen LogP contribution is -2.59. The lowest BCUT2D eigenvalue weighted by Gasteiger charge is -2.41. The number of alkyl halides is 1. The van der Waals surface area contributed by atoms with E-state index in [1.807, 2.05) is 4.90 Å². The molecule has 4 unspecified atom stereocenters. The van der Waals surface area contributed by atoms with Gasteiger partial charge in [-0.3, -0.25) is 14.4 Å². The predicted molar refractivity (Wildman–Crippen MR) is 96.7 cm³/mol. The standard InChI is InChI=1S/C20H28FN3O4/c21-14-7-12-8-15(14)24(17(12)18(26)22-10-20(28)5-6-20)19(27)11-1-2-13-3-4-16(25)23(13)9-11/h11-15,17,28H,1-10H2,(H,22,26)/t11?,12?,13?,14-,15?,17+/m0/s1. The molecule has 7 nitrogen and oxygen atoms in total. The molecule has 0 aromatic heterocycles. The predicted octanol–water partition coefficient (Wildman–Crippen LogP) is 0.356. The van der Waals surface area contributed by atoms with Crippen molar-refractivity contribution in [2.75, 3.05) is 13.1 Å². The lowest BCUT2D eigenvalue weighted by atomic mass is 9.90. The quantitative estimate of drug-likeness (QED) is 0.722. The number of likely N-dealkylation sites (tertiary alicyclic amines) is 1. The van der Waals surface area contributed by atoms with Crippen LogP contribution in [-0.2, 0) is 14.4 Å². The van der Waals surface area contributed by atoms with Crippen molar-refractivity contribution in [3.8, 4) is 0 Å². The Bertz CT molecular complexity index is 712. The molecule has 0 aromatic rings. The van der Waals surface area contributed by atoms with Crippen molar-refractivity contribution in [1.82, 2.24) is 15.1 Å². The molecule has 2 saturated carbocycles. The summed E-state index contributed by atoms with van der Waals surface area (Å²) in [5.74, 6) is -0.881. The van der Waals surface area contributed by atoms with E-state index in [-0.39, 0.29) is 42.1 Å². The van der Waals surface area contributed by atoms with Gasteiger partial charge in [0.2, 0.25) is 17.7 Å². The topological polar surface area (TPSA) is 90.0 Å². The van der Waals surface area contributed by atoms with Crippen molar-refractivity contribution in [1.29, 1.82) is 0 Å². The number of hydrogen-bond acceptors (Lipinski definition) is 4. The number of fused-ring (bicyclic) bond motifs is 3. The van der Waals surface area contributed by atoms with Crippen molar-refractivity contribution in [3.63, 3.8) is 0 Å². The van der Waals surface area contributed by atoms with Crippen LogP contribution in [0.15, 0.2) is 0 Å². The summed E-state index contributed by atoms with van der Waals surface area (Å²) < 4.78 is 14.5. The molecule has 0 aromatic carbocycles. The third kappa shape index (κ3) is 2.91. The van der Waals surface area contributed by atoms with E-state index in [1.165, 1.54) is 4.90 Å². The van der Waals surface area contributed by atoms with Gasteiger partial charge < -0.3 is 20.2 Å². The molecule has 8 heteroatoms. The van der Waals surface area contributed by atoms with Gasteiger partial charge in [0.15, 0.2) is 0 Å². The van der Waals surface area contributed by atoms with Crippen molar-refractivity contribution < 1.29 is 23.9 Å². The molecular weight excluding hydrogens is 365 g/mol. The molecule has 2 aliphatic carbocycles. The number of amides is 3. The second-order valence-electron chi connectivity index (χ2n) is 9.46. The first-order valence-corrected chi connectivity index (χ1v) is 10.6. The fraction of sp³-hybridized carbons (Fsp3) is 0.850. The summed E-state index contributed by atoms with van der Waals surface area (Å²) in [4.78, 5) is 41.6. The maximum Gasteiger partial charge on any atom is 0.243 e. The monoisotopic (exact) mass is 393 g/mol. The maximum absolute atomic E-state index is 14.5. The Labute approximate surface area is 163 Å². The van der Waals surface area contributed by atoms with Crippen LogP contribution in [0.25, 0.3) is 0 Å². The van der Waals surface area contributed by atoms with E-state index in [4.69, 9.17) is 0 Å². The van der Waals surface area contributed by atoms with Gasteiger partial charge in [0.25, 0.3) is 0 Å². The molecule has 5 aliphatic rings. The van der Waals surface area contributed by atoms with Gasteiger partial charge in [0.1, 0.15) is 12.2 Å². The molecule has 2 bridgehead atoms. The summed E-state index contributed by atoms with van der Waals surface area (Å²) in [6.07, 6.45) is 3.98. The van der Waals surface area contributed by atoms with Crippen molar-refractivity contribution in [2.24, 2.45) is 11.8 Å². The molecule has 2 N–H and O–H groups in total. The van der Waals surface area contributed by atoms with E-state index >= 15 is 0 Å². The molecule has 0 radical (unpaired) electrons. The SMILES string of the molecule is O=C(NCC1(O)CC1)[C@H]1C2CC([C@@H](F)C2)N1C(=O)C1CCC2CCC(=O)N2C1. The minimum Gasteiger partial charge on any atom is -0.388 e. The minimum absolute atomic E-state index is 0.0979. The van der Waals surface area contributed by atoms with E-state index in [2.05, 4.69) is 5.32 Å². The average molecular weight is 393 g/mol. The fourth-order valence-electron chi connectivity index (χ4n) is 5.78. The summed E-state index contributed by atoms with van der Waals surface area (Å²) >= 11 is 0. The zero-order chi connectivity index (χ0) is 19.6. The summed E-state index contributed by atoms with van der Waals surface area (Å²) in [7, 11) is 0. The Hall–Kier alpha value is -1.70. The lowest BCUT2D eigenvalue weighted by molar-refractivity contribution is -0.150. The number of piperidine rings is 2. The number of aliphatic hydroxyl groups is 1. The minimum atomic E-state index is -1.09. The van der Waals surface area contributed by atoms with Crippen LogP contribution in [0.3, 0.4) is 0 Å². The second kappa shape index (κ2) is 6.40. The van der Waals surface area contributed by atoms with Gasteiger partial charge >= 0.3 is 0 Å². The summed E-state index contributed by atoms with van der Waals surface area (Å²) in [5, 5.41) is 12.8. The highest BCUT2D eigenvalue weighted by molar-refractivity contribution is 5.91. The molecule has 28 heavy (non-hydrogen) atoms. The van der Waals surface area contributed by atoms with Gasteiger partial charge in [0, 0.05) is 25.6 Å². The molecule has 5 rings (SSSR count). The summed E-state index contributed by atoms with van der Waals surface area (Å²) in [5.41, 5.74) is -0.806. The molecule has 5 fully saturated rings. The van der Waals surface area contributed by atoms with E-state index < -0.39 is 23.9 Å². The van der Waals surface area contributed by atoms with Gasteiger partial charge in [-0.2, -0.15) is 0 Å². The van der Waals surface area contributed by atoms with Crippen LogP contribution in [0.1, 0.15) is 51.4 Å². The largest absolute Gasteiger partial charge is 0.388 e. The summed E-state index contributed by atoms with van der Waals surface area (Å²) in [6.45, 7) is 0.579. The highest BCUT2D eigenvalue weighted by Gasteiger charge is 2.57. The smallest absolute Gasteiger partial charge is 0.243 e. The molecule has 3 heterocycles. The first-order chi connectivity index (χ1) is 13.4. The first-order valence-electron chi connectivity index (χ1n) is 10.6. The van der Waals surface area contributed by atoms with Crippen LogP contribution in [0.5, 0.6) is 0 Å². The number of nitrogens with one attached hydrogen (secondary N) is 1. The maximum atomic E-state index is 14.5. The number of nitrogens with zero attached hydrogens (tertiary/aromatic N) is 2. The summed E-state index contributed by atoms with van der Waals surface area (Å²) in [6, 6.07) is -0.956. The molecule has 6 atom stereocenters. The Morgan fingerprint density at radius 3 is 2.75 bits per heavy atom. The molecule has 0 spiro atoms. The zero-order valence-electron chi connectivity index (χ0n) is 16.0. The Kier molecular flexibility index (Phi) is 4.19. The van der Waals surface area contributed by atoms with Crippen LogP contribution in [0.4, 0.5) is 4.39 Å². The van der Waals surface area contributed by atoms with Crippen LogP contribution >= 0.6 is 0 Å². The Morgan fingerprint density at radius 1 is 1.21 bits per heavy atom. The van der Waals surface area contributed by atoms with Crippen molar-refractivity contribution >= 4 is 17.7 Å². The van der Waals surface area contributed by atoms with Gasteiger partial charge in [-0.15, -0.1) is 0 Å². The molecule has 3 amide bonds. The first kappa shape index (κ1) is 18.3. The van der Waals surface area contributed by atoms with Crippen molar-refractivity contribution in [2.45, 2.75) is 81.3 Å². The molecule has 3 saturated heterocycles. The van der Waals surface area contributed by atoms with Gasteiger partial charge in [-0.05, 0) is 50.9 Å². The van der Waals surface area contributed by atoms with Crippen LogP contribution in [0, 0.1) is 11.8 Å². The number of rotatable bonds is 4. The number of carbonyl (C=O) groups is 3. The molecule has 3 aliphatic heterocycles. The van der Waals surface area contributed by atoms with Gasteiger partial charge in [0.05, 0.1) is 17.6 Å². The van der Waals surface area contributed by atoms with E-state index in [9.17, 15) is 23.9 Å². The average Bonchev–Trinajstić information content (AvgIpc) is 3.01. The molecule has 154 valence electrons. The third-order valence-corrected chi connectivity index (χ3v) is 7.60. The van der Waals surface area contributed by atoms with Gasteiger partial charge in [-0.1, -0.05) is 0 Å². The number of halogens is 1. The van der Waals surface area contributed by atoms with E-state index in [0.717, 1.165) is 12.8 Å². The van der Waals surface area contributed by atoms with Crippen molar-refractivity contribution in [3.05, 3.63) is 0 Å². The fourth-order valence-corrected chi connectivity index (χ4v) is 5.78. The normalized spacial score (nSPS) is 40.6. The second-order valence-corrected chi connectivity index (χ2v) is 9.46. The molecular formula is C20H28FN3O4. The highest BCUT2D eigenvalue weighted by atomic mass is 19.1. The number of hydrogen-bond donors (Lipinski definition) is 2. The van der Waals surface area contributed by atoms with E-state index in [0.29, 0.717) is 45.1 Å².